The van der Waals surface area contributed by atoms with E-state index in [0.29, 0.717) is 4.68 Å². The van der Waals surface area contributed by atoms with E-state index < -0.39 is 53.3 Å². The molecule has 0 saturated carbocycles. The quantitative estimate of drug-likeness (QED) is 0.157. The number of aromatic hydroxyl groups is 2. The van der Waals surface area contributed by atoms with E-state index in [9.17, 15) is 46.1 Å². The number of aromatic carboxylic acids is 1. The molecule has 3 aromatic carbocycles. The lowest BCUT2D eigenvalue weighted by molar-refractivity contribution is 0.0690. The zero-order chi connectivity index (χ0) is 28.9. The van der Waals surface area contributed by atoms with E-state index in [0.717, 1.165) is 18.2 Å². The minimum Gasteiger partial charge on any atom is -0.508 e. The van der Waals surface area contributed by atoms with Gasteiger partial charge in [-0.15, -0.1) is 10.2 Å². The zero-order valence-electron chi connectivity index (χ0n) is 19.8. The van der Waals surface area contributed by atoms with Gasteiger partial charge in [-0.05, 0) is 48.2 Å². The summed E-state index contributed by atoms with van der Waals surface area (Å²) in [4.78, 5) is 10.9. The SMILES string of the molecule is COc1cc(S(=O)(=O)O)c(C)cc1/N=N/c1c(C(=O)O)nn(-c2cc(S(=O)(=O)O)cc3ccc(O)cc23)c1O. The van der Waals surface area contributed by atoms with E-state index >= 15 is 0 Å². The van der Waals surface area contributed by atoms with E-state index in [1.54, 1.807) is 0 Å². The lowest BCUT2D eigenvalue weighted by Crippen LogP contribution is -2.05. The molecule has 39 heavy (non-hydrogen) atoms. The second-order valence-electron chi connectivity index (χ2n) is 8.03. The number of hydrogen-bond acceptors (Lipinski definition) is 11. The number of carboxylic acids is 1. The van der Waals surface area contributed by atoms with Gasteiger partial charge in [0.1, 0.15) is 22.1 Å². The van der Waals surface area contributed by atoms with Crippen LogP contribution in [0.4, 0.5) is 11.4 Å². The number of benzene rings is 3. The molecule has 4 aromatic rings. The Labute approximate surface area is 219 Å². The lowest BCUT2D eigenvalue weighted by atomic mass is 10.1. The Balaban J connectivity index is 1.95. The molecule has 1 heterocycles. The van der Waals surface area contributed by atoms with Gasteiger partial charge in [-0.2, -0.15) is 26.6 Å². The average molecular weight is 579 g/mol. The molecule has 0 aliphatic carbocycles. The molecule has 0 radical (unpaired) electrons. The highest BCUT2D eigenvalue weighted by molar-refractivity contribution is 7.86. The Bertz CT molecular complexity index is 1910. The highest BCUT2D eigenvalue weighted by atomic mass is 32.2. The van der Waals surface area contributed by atoms with Gasteiger partial charge in [-0.25, -0.2) is 4.79 Å². The van der Waals surface area contributed by atoms with E-state index in [2.05, 4.69) is 15.3 Å². The first-order valence-electron chi connectivity index (χ1n) is 10.5. The van der Waals surface area contributed by atoms with Crippen LogP contribution in [0.3, 0.4) is 0 Å². The maximum atomic E-state index is 11.9. The summed E-state index contributed by atoms with van der Waals surface area (Å²) < 4.78 is 71.5. The number of fused-ring (bicyclic) bond motifs is 1. The highest BCUT2D eigenvalue weighted by Gasteiger charge is 2.26. The van der Waals surface area contributed by atoms with Crippen LogP contribution in [0.25, 0.3) is 16.5 Å². The van der Waals surface area contributed by atoms with Crippen LogP contribution in [0.15, 0.2) is 62.5 Å². The predicted molar refractivity (Wildman–Crippen MR) is 133 cm³/mol. The van der Waals surface area contributed by atoms with E-state index in [-0.39, 0.29) is 39.2 Å². The number of aryl methyl sites for hydroxylation is 1. The normalized spacial score (nSPS) is 12.3. The summed E-state index contributed by atoms with van der Waals surface area (Å²) in [6.07, 6.45) is 0. The molecule has 0 aliphatic heterocycles. The third-order valence-electron chi connectivity index (χ3n) is 5.47. The fourth-order valence-electron chi connectivity index (χ4n) is 3.71. The first-order valence-corrected chi connectivity index (χ1v) is 13.4. The van der Waals surface area contributed by atoms with Crippen molar-refractivity contribution < 1.29 is 50.8 Å². The van der Waals surface area contributed by atoms with Crippen molar-refractivity contribution in [3.05, 3.63) is 53.7 Å². The summed E-state index contributed by atoms with van der Waals surface area (Å²) in [6.45, 7) is 1.35. The minimum absolute atomic E-state index is 0.0546. The number of phenolic OH excluding ortho intramolecular Hbond substituents is 1. The number of hydrogen-bond donors (Lipinski definition) is 5. The fraction of sp³-hybridized carbons (Fsp3) is 0.0909. The van der Waals surface area contributed by atoms with Crippen molar-refractivity contribution in [2.24, 2.45) is 10.2 Å². The van der Waals surface area contributed by atoms with Gasteiger partial charge in [-0.1, -0.05) is 6.07 Å². The molecule has 204 valence electrons. The van der Waals surface area contributed by atoms with Gasteiger partial charge in [0.05, 0.1) is 17.7 Å². The number of rotatable bonds is 7. The summed E-state index contributed by atoms with van der Waals surface area (Å²) in [6, 6.07) is 7.92. The second-order valence-corrected chi connectivity index (χ2v) is 10.8. The number of aromatic nitrogens is 2. The summed E-state index contributed by atoms with van der Waals surface area (Å²) in [7, 11) is -8.18. The largest absolute Gasteiger partial charge is 0.508 e. The summed E-state index contributed by atoms with van der Waals surface area (Å²) >= 11 is 0. The summed E-state index contributed by atoms with van der Waals surface area (Å²) in [5.74, 6) is -2.97. The number of carboxylic acid groups (broad SMARTS) is 1. The van der Waals surface area contributed by atoms with Crippen LogP contribution in [-0.4, -0.2) is 64.1 Å². The first-order chi connectivity index (χ1) is 18.1. The number of carbonyl (C=O) groups is 1. The van der Waals surface area contributed by atoms with Crippen LogP contribution in [0, 0.1) is 6.92 Å². The lowest BCUT2D eigenvalue weighted by Gasteiger charge is -2.10. The predicted octanol–water partition coefficient (Wildman–Crippen LogP) is 3.36. The van der Waals surface area contributed by atoms with Gasteiger partial charge in [0.2, 0.25) is 11.6 Å². The first kappa shape index (κ1) is 27.5. The zero-order valence-corrected chi connectivity index (χ0v) is 21.5. The molecule has 0 fully saturated rings. The molecular weight excluding hydrogens is 560 g/mol. The van der Waals surface area contributed by atoms with Crippen LogP contribution < -0.4 is 4.74 Å². The van der Waals surface area contributed by atoms with Crippen molar-refractivity contribution >= 4 is 48.4 Å². The smallest absolute Gasteiger partial charge is 0.358 e. The topological polar surface area (TPSA) is 238 Å². The number of nitrogens with zero attached hydrogens (tertiary/aromatic N) is 4. The molecule has 0 saturated heterocycles. The third-order valence-corrected chi connectivity index (χ3v) is 7.29. The standard InChI is InChI=1S/C22H18N4O11S2/c1-10-5-15(17(37-2)9-18(10)39(34,35)36)23-24-19-20(22(29)30)25-26(21(19)28)16-8-13(38(31,32)33)6-11-3-4-12(27)7-14(11)16/h3-9,27-28H,1-2H3,(H,29,30)(H,31,32,33)(H,34,35,36)/b24-23+. The van der Waals surface area contributed by atoms with Crippen LogP contribution in [0.5, 0.6) is 17.4 Å². The van der Waals surface area contributed by atoms with Crippen LogP contribution >= 0.6 is 0 Å². The van der Waals surface area contributed by atoms with Crippen molar-refractivity contribution in [3.8, 4) is 23.1 Å². The van der Waals surface area contributed by atoms with Crippen molar-refractivity contribution in [1.82, 2.24) is 9.78 Å². The molecule has 1 aromatic heterocycles. The molecule has 5 N–H and O–H groups in total. The molecule has 15 nitrogen and oxygen atoms in total. The second kappa shape index (κ2) is 9.62. The van der Waals surface area contributed by atoms with Gasteiger partial charge in [0, 0.05) is 11.5 Å². The van der Waals surface area contributed by atoms with E-state index in [1.165, 1.54) is 38.3 Å². The maximum absolute atomic E-state index is 11.9. The Kier molecular flexibility index (Phi) is 6.77. The molecule has 17 heteroatoms. The highest BCUT2D eigenvalue weighted by Crippen LogP contribution is 2.39. The number of phenols is 1. The molecule has 0 spiro atoms. The average Bonchev–Trinajstić information content (AvgIpc) is 3.16. The number of methoxy groups -OCH3 is 1. The summed E-state index contributed by atoms with van der Waals surface area (Å²) in [5.41, 5.74) is -1.77. The Morgan fingerprint density at radius 2 is 1.67 bits per heavy atom. The van der Waals surface area contributed by atoms with Gasteiger partial charge in [-0.3, -0.25) is 9.11 Å². The molecule has 0 unspecified atom stereocenters. The molecule has 0 atom stereocenters. The monoisotopic (exact) mass is 578 g/mol. The third kappa shape index (κ3) is 5.23. The van der Waals surface area contributed by atoms with Crippen molar-refractivity contribution in [2.45, 2.75) is 16.7 Å². The van der Waals surface area contributed by atoms with Crippen molar-refractivity contribution in [2.75, 3.05) is 7.11 Å². The van der Waals surface area contributed by atoms with Gasteiger partial charge >= 0.3 is 5.97 Å². The van der Waals surface area contributed by atoms with Crippen LogP contribution in [-0.2, 0) is 20.2 Å². The van der Waals surface area contributed by atoms with Gasteiger partial charge in [0.25, 0.3) is 20.2 Å². The summed E-state index contributed by atoms with van der Waals surface area (Å²) in [5, 5.41) is 42.3. The van der Waals surface area contributed by atoms with Gasteiger partial charge < -0.3 is 20.1 Å². The van der Waals surface area contributed by atoms with E-state index in [1.807, 2.05) is 0 Å². The van der Waals surface area contributed by atoms with Crippen molar-refractivity contribution in [1.29, 1.82) is 0 Å². The van der Waals surface area contributed by atoms with Crippen LogP contribution in [0.1, 0.15) is 16.1 Å². The fourth-order valence-corrected chi connectivity index (χ4v) is 4.96. The van der Waals surface area contributed by atoms with Crippen molar-refractivity contribution in [3.63, 3.8) is 0 Å². The molecule has 0 bridgehead atoms. The molecule has 0 amide bonds. The Hall–Kier alpha value is -4.58. The van der Waals surface area contributed by atoms with Gasteiger partial charge in [0.15, 0.2) is 5.69 Å². The number of ether oxygens (including phenoxy) is 1. The minimum atomic E-state index is -4.76. The molecule has 0 aliphatic rings. The molecule has 4 rings (SSSR count). The number of azo groups is 1. The Morgan fingerprint density at radius 3 is 2.26 bits per heavy atom. The maximum Gasteiger partial charge on any atom is 0.358 e. The van der Waals surface area contributed by atoms with E-state index in [4.69, 9.17) is 4.74 Å². The Morgan fingerprint density at radius 1 is 0.974 bits per heavy atom. The van der Waals surface area contributed by atoms with Crippen LogP contribution in [0.2, 0.25) is 0 Å². The molecular formula is C22H18N4O11S2.